The van der Waals surface area contributed by atoms with E-state index < -0.39 is 9.73 Å². The normalized spacial score (nSPS) is 15.9. The SMILES string of the molecule is C=CCCC(=O)O[C@@H](C(C)C)[C@@H](/C=C(\CC=C)[S@@](=O)(=NC)c1ccccc1)C(C)C. The highest BCUT2D eigenvalue weighted by Crippen LogP contribution is 2.32. The van der Waals surface area contributed by atoms with E-state index in [1.165, 1.54) is 0 Å². The van der Waals surface area contributed by atoms with Crippen molar-refractivity contribution in [2.24, 2.45) is 22.1 Å². The minimum Gasteiger partial charge on any atom is -0.461 e. The van der Waals surface area contributed by atoms with E-state index in [-0.39, 0.29) is 29.8 Å². The van der Waals surface area contributed by atoms with Gasteiger partial charge in [0.2, 0.25) is 0 Å². The van der Waals surface area contributed by atoms with Crippen LogP contribution >= 0.6 is 0 Å². The van der Waals surface area contributed by atoms with E-state index >= 15 is 0 Å². The molecule has 30 heavy (non-hydrogen) atoms. The molecule has 0 saturated carbocycles. The van der Waals surface area contributed by atoms with Gasteiger partial charge in [-0.2, -0.15) is 0 Å². The molecule has 3 atom stereocenters. The number of allylic oxidation sites excluding steroid dienone is 3. The molecule has 1 aromatic rings. The fraction of sp³-hybridized carbons (Fsp3) is 0.480. The highest BCUT2D eigenvalue weighted by atomic mass is 32.2. The number of hydrogen-bond donors (Lipinski definition) is 0. The van der Waals surface area contributed by atoms with Crippen LogP contribution in [0.3, 0.4) is 0 Å². The zero-order valence-corrected chi connectivity index (χ0v) is 19.9. The fourth-order valence-corrected chi connectivity index (χ4v) is 5.32. The monoisotopic (exact) mass is 431 g/mol. The summed E-state index contributed by atoms with van der Waals surface area (Å²) in [7, 11) is -1.19. The number of benzene rings is 1. The average molecular weight is 432 g/mol. The summed E-state index contributed by atoms with van der Waals surface area (Å²) in [5, 5.41) is 0. The maximum absolute atomic E-state index is 14.0. The van der Waals surface area contributed by atoms with E-state index in [1.807, 2.05) is 50.3 Å². The summed E-state index contributed by atoms with van der Waals surface area (Å²) in [6.45, 7) is 15.8. The first-order chi connectivity index (χ1) is 14.2. The summed E-state index contributed by atoms with van der Waals surface area (Å²) in [5.41, 5.74) is 0. The Hall–Kier alpha value is -2.14. The van der Waals surface area contributed by atoms with Gasteiger partial charge in [0.15, 0.2) is 0 Å². The third-order valence-electron chi connectivity index (χ3n) is 5.03. The van der Waals surface area contributed by atoms with Gasteiger partial charge in [-0.1, -0.05) is 64.1 Å². The molecule has 0 N–H and O–H groups in total. The molecule has 0 spiro atoms. The van der Waals surface area contributed by atoms with Crippen molar-refractivity contribution >= 4 is 15.7 Å². The Morgan fingerprint density at radius 1 is 1.10 bits per heavy atom. The lowest BCUT2D eigenvalue weighted by molar-refractivity contribution is -0.154. The van der Waals surface area contributed by atoms with Crippen molar-refractivity contribution in [1.82, 2.24) is 0 Å². The number of hydrogen-bond acceptors (Lipinski definition) is 4. The van der Waals surface area contributed by atoms with E-state index in [0.717, 1.165) is 0 Å². The van der Waals surface area contributed by atoms with Crippen molar-refractivity contribution in [2.75, 3.05) is 7.05 Å². The van der Waals surface area contributed by atoms with Crippen molar-refractivity contribution in [1.29, 1.82) is 0 Å². The van der Waals surface area contributed by atoms with E-state index in [2.05, 4.69) is 31.4 Å². The van der Waals surface area contributed by atoms with E-state index in [4.69, 9.17) is 4.74 Å². The van der Waals surface area contributed by atoms with Crippen LogP contribution in [0.2, 0.25) is 0 Å². The standard InChI is InChI=1S/C25H37NO3S/c1-8-10-17-24(27)29-25(20(5)6)23(19(3)4)18-22(14-9-2)30(28,26-7)21-15-12-11-13-16-21/h8-9,11-13,15-16,18-20,23,25H,1-2,10,14,17H2,3-7H3/b22-18+/t23-,25-,30+/m0/s1. The number of carbonyl (C=O) groups excluding carboxylic acids is 1. The molecule has 0 heterocycles. The summed E-state index contributed by atoms with van der Waals surface area (Å²) < 4.78 is 24.2. The molecule has 0 aliphatic rings. The minimum atomic E-state index is -2.78. The number of rotatable bonds is 12. The van der Waals surface area contributed by atoms with Crippen LogP contribution in [0, 0.1) is 17.8 Å². The first-order valence-electron chi connectivity index (χ1n) is 10.5. The molecule has 5 heteroatoms. The lowest BCUT2D eigenvalue weighted by atomic mass is 9.84. The molecule has 1 rings (SSSR count). The molecule has 0 aliphatic carbocycles. The molecule has 4 nitrogen and oxygen atoms in total. The fourth-order valence-electron chi connectivity index (χ4n) is 3.37. The zero-order chi connectivity index (χ0) is 22.7. The maximum atomic E-state index is 14.0. The van der Waals surface area contributed by atoms with Gasteiger partial charge in [0.05, 0.1) is 14.6 Å². The molecule has 0 bridgehead atoms. The summed E-state index contributed by atoms with van der Waals surface area (Å²) in [6.07, 6.45) is 6.50. The zero-order valence-electron chi connectivity index (χ0n) is 19.0. The van der Waals surface area contributed by atoms with Crippen LogP contribution < -0.4 is 0 Å². The largest absolute Gasteiger partial charge is 0.461 e. The van der Waals surface area contributed by atoms with Gasteiger partial charge in [-0.15, -0.1) is 13.2 Å². The minimum absolute atomic E-state index is 0.0982. The molecule has 166 valence electrons. The lowest BCUT2D eigenvalue weighted by Gasteiger charge is -2.31. The van der Waals surface area contributed by atoms with Crippen molar-refractivity contribution in [3.63, 3.8) is 0 Å². The predicted molar refractivity (Wildman–Crippen MR) is 127 cm³/mol. The van der Waals surface area contributed by atoms with Crippen LogP contribution in [-0.2, 0) is 19.3 Å². The van der Waals surface area contributed by atoms with E-state index in [9.17, 15) is 9.00 Å². The van der Waals surface area contributed by atoms with Crippen LogP contribution in [0.5, 0.6) is 0 Å². The summed E-state index contributed by atoms with van der Waals surface area (Å²) in [4.78, 5) is 13.7. The summed E-state index contributed by atoms with van der Waals surface area (Å²) in [6, 6.07) is 9.30. The number of carbonyl (C=O) groups is 1. The Kier molecular flexibility index (Phi) is 10.8. The van der Waals surface area contributed by atoms with Gasteiger partial charge >= 0.3 is 5.97 Å². The molecule has 0 radical (unpaired) electrons. The molecule has 0 fully saturated rings. The van der Waals surface area contributed by atoms with Gasteiger partial charge in [0, 0.05) is 24.3 Å². The summed E-state index contributed by atoms with van der Waals surface area (Å²) >= 11 is 0. The molecular weight excluding hydrogens is 394 g/mol. The molecule has 1 aromatic carbocycles. The van der Waals surface area contributed by atoms with E-state index in [1.54, 1.807) is 19.2 Å². The Bertz CT molecular complexity index is 846. The van der Waals surface area contributed by atoms with Crippen LogP contribution in [0.4, 0.5) is 0 Å². The quantitative estimate of drug-likeness (QED) is 0.284. The average Bonchev–Trinajstić information content (AvgIpc) is 2.73. The second kappa shape index (κ2) is 12.5. The Labute approximate surface area is 183 Å². The van der Waals surface area contributed by atoms with Crippen LogP contribution in [-0.4, -0.2) is 23.3 Å². The maximum Gasteiger partial charge on any atom is 0.306 e. The molecule has 0 aromatic heterocycles. The van der Waals surface area contributed by atoms with Gasteiger partial charge in [-0.3, -0.25) is 4.79 Å². The predicted octanol–water partition coefficient (Wildman–Crippen LogP) is 6.41. The number of nitrogens with zero attached hydrogens (tertiary/aromatic N) is 1. The van der Waals surface area contributed by atoms with Gasteiger partial charge < -0.3 is 4.74 Å². The van der Waals surface area contributed by atoms with Gasteiger partial charge in [-0.25, -0.2) is 8.57 Å². The van der Waals surface area contributed by atoms with Gasteiger partial charge in [0.25, 0.3) is 0 Å². The Morgan fingerprint density at radius 3 is 2.20 bits per heavy atom. The third-order valence-corrected chi connectivity index (χ3v) is 7.46. The topological polar surface area (TPSA) is 55.7 Å². The molecule has 0 amide bonds. The number of esters is 1. The van der Waals surface area contributed by atoms with Gasteiger partial charge in [-0.05, 0) is 36.8 Å². The van der Waals surface area contributed by atoms with Crippen LogP contribution in [0.15, 0.2) is 75.9 Å². The van der Waals surface area contributed by atoms with Gasteiger partial charge in [0.1, 0.15) is 6.10 Å². The second-order valence-electron chi connectivity index (χ2n) is 7.99. The molecule has 0 saturated heterocycles. The summed E-state index contributed by atoms with van der Waals surface area (Å²) in [5.74, 6) is -0.0424. The van der Waals surface area contributed by atoms with E-state index in [0.29, 0.717) is 29.1 Å². The molecule has 0 unspecified atom stereocenters. The third kappa shape index (κ3) is 6.98. The highest BCUT2D eigenvalue weighted by Gasteiger charge is 2.31. The van der Waals surface area contributed by atoms with Crippen molar-refractivity contribution in [3.05, 3.63) is 66.6 Å². The molecule has 0 aliphatic heterocycles. The first kappa shape index (κ1) is 25.9. The lowest BCUT2D eigenvalue weighted by Crippen LogP contribution is -2.34. The van der Waals surface area contributed by atoms with Crippen LogP contribution in [0.1, 0.15) is 47.0 Å². The highest BCUT2D eigenvalue weighted by molar-refractivity contribution is 7.97. The molecular formula is C25H37NO3S. The Balaban J connectivity index is 3.47. The Morgan fingerprint density at radius 2 is 1.73 bits per heavy atom. The number of ether oxygens (including phenoxy) is 1. The van der Waals surface area contributed by atoms with Crippen molar-refractivity contribution < 1.29 is 13.7 Å². The smallest absolute Gasteiger partial charge is 0.306 e. The second-order valence-corrected chi connectivity index (χ2v) is 10.4. The van der Waals surface area contributed by atoms with Crippen molar-refractivity contribution in [3.8, 4) is 0 Å². The van der Waals surface area contributed by atoms with Crippen molar-refractivity contribution in [2.45, 2.75) is 58.0 Å². The first-order valence-corrected chi connectivity index (χ1v) is 12.0. The van der Waals surface area contributed by atoms with Crippen LogP contribution in [0.25, 0.3) is 0 Å².